The van der Waals surface area contributed by atoms with E-state index in [0.29, 0.717) is 0 Å². The summed E-state index contributed by atoms with van der Waals surface area (Å²) in [6.45, 7) is 3.57. The molecule has 0 spiro atoms. The van der Waals surface area contributed by atoms with Crippen molar-refractivity contribution in [3.8, 4) is 0 Å². The van der Waals surface area contributed by atoms with Crippen LogP contribution in [-0.4, -0.2) is 35.1 Å². The molecule has 1 atom stereocenters. The van der Waals surface area contributed by atoms with Gasteiger partial charge < -0.3 is 15.7 Å². The molecule has 0 aliphatic carbocycles. The normalized spacial score (nSPS) is 13.2. The third-order valence-electron chi connectivity index (χ3n) is 2.43. The summed E-state index contributed by atoms with van der Waals surface area (Å²) >= 11 is 0. The van der Waals surface area contributed by atoms with Crippen molar-refractivity contribution in [2.75, 3.05) is 13.6 Å². The SMILES string of the molecule is CN(CC(C)(C)O)C(=O)[C@H](N)c1ccccc1. The summed E-state index contributed by atoms with van der Waals surface area (Å²) in [5.41, 5.74) is 5.75. The lowest BCUT2D eigenvalue weighted by Gasteiger charge is -2.27. The number of likely N-dealkylation sites (N-methyl/N-ethyl adjacent to an activating group) is 1. The Bertz CT molecular complexity index is 371. The summed E-state index contributed by atoms with van der Waals surface area (Å²) in [6, 6.07) is 8.53. The molecule has 0 heterocycles. The van der Waals surface area contributed by atoms with Crippen LogP contribution in [0, 0.1) is 0 Å². The number of carbonyl (C=O) groups excluding carboxylic acids is 1. The Morgan fingerprint density at radius 1 is 1.41 bits per heavy atom. The number of rotatable bonds is 4. The van der Waals surface area contributed by atoms with Gasteiger partial charge in [-0.05, 0) is 19.4 Å². The van der Waals surface area contributed by atoms with E-state index in [9.17, 15) is 9.90 Å². The lowest BCUT2D eigenvalue weighted by molar-refractivity contribution is -0.134. The van der Waals surface area contributed by atoms with Crippen LogP contribution in [0.5, 0.6) is 0 Å². The molecule has 0 bridgehead atoms. The van der Waals surface area contributed by atoms with Gasteiger partial charge in [-0.2, -0.15) is 0 Å². The summed E-state index contributed by atoms with van der Waals surface area (Å²) in [6.07, 6.45) is 0. The summed E-state index contributed by atoms with van der Waals surface area (Å²) < 4.78 is 0. The Labute approximate surface area is 102 Å². The van der Waals surface area contributed by atoms with Crippen LogP contribution in [0.25, 0.3) is 0 Å². The standard InChI is InChI=1S/C13H20N2O2/c1-13(2,17)9-15(3)12(16)11(14)10-7-5-4-6-8-10/h4-8,11,17H,9,14H2,1-3H3/t11-/m1/s1. The third kappa shape index (κ3) is 4.17. The minimum absolute atomic E-state index is 0.196. The van der Waals surface area contributed by atoms with E-state index >= 15 is 0 Å². The zero-order valence-corrected chi connectivity index (χ0v) is 10.6. The molecule has 3 N–H and O–H groups in total. The number of nitrogens with zero attached hydrogens (tertiary/aromatic N) is 1. The van der Waals surface area contributed by atoms with E-state index in [1.54, 1.807) is 20.9 Å². The fourth-order valence-corrected chi connectivity index (χ4v) is 1.70. The molecule has 0 radical (unpaired) electrons. The minimum Gasteiger partial charge on any atom is -0.389 e. The summed E-state index contributed by atoms with van der Waals surface area (Å²) in [5.74, 6) is -0.196. The van der Waals surface area contributed by atoms with Crippen molar-refractivity contribution < 1.29 is 9.90 Å². The number of hydrogen-bond donors (Lipinski definition) is 2. The van der Waals surface area contributed by atoms with Crippen molar-refractivity contribution in [1.29, 1.82) is 0 Å². The second-order valence-corrected chi connectivity index (χ2v) is 4.90. The van der Waals surface area contributed by atoms with E-state index in [2.05, 4.69) is 0 Å². The minimum atomic E-state index is -0.916. The summed E-state index contributed by atoms with van der Waals surface area (Å²) in [5, 5.41) is 9.65. The number of benzene rings is 1. The molecular formula is C13H20N2O2. The molecule has 1 amide bonds. The van der Waals surface area contributed by atoms with Gasteiger partial charge in [-0.1, -0.05) is 30.3 Å². The van der Waals surface area contributed by atoms with Crippen LogP contribution >= 0.6 is 0 Å². The molecule has 0 aliphatic rings. The Morgan fingerprint density at radius 2 is 1.94 bits per heavy atom. The molecule has 17 heavy (non-hydrogen) atoms. The molecule has 4 nitrogen and oxygen atoms in total. The topological polar surface area (TPSA) is 66.6 Å². The van der Waals surface area contributed by atoms with Crippen molar-refractivity contribution in [1.82, 2.24) is 4.90 Å². The number of aliphatic hydroxyl groups is 1. The number of hydrogen-bond acceptors (Lipinski definition) is 3. The van der Waals surface area contributed by atoms with E-state index in [-0.39, 0.29) is 12.5 Å². The molecule has 0 saturated carbocycles. The number of carbonyl (C=O) groups is 1. The molecule has 0 saturated heterocycles. The zero-order valence-electron chi connectivity index (χ0n) is 10.6. The summed E-state index contributed by atoms with van der Waals surface area (Å²) in [7, 11) is 1.64. The van der Waals surface area contributed by atoms with Gasteiger partial charge in [-0.3, -0.25) is 4.79 Å². The maximum atomic E-state index is 12.0. The lowest BCUT2D eigenvalue weighted by atomic mass is 10.1. The van der Waals surface area contributed by atoms with Crippen molar-refractivity contribution >= 4 is 5.91 Å². The van der Waals surface area contributed by atoms with E-state index < -0.39 is 11.6 Å². The maximum absolute atomic E-state index is 12.0. The molecule has 94 valence electrons. The van der Waals surface area contributed by atoms with Gasteiger partial charge in [-0.25, -0.2) is 0 Å². The predicted octanol–water partition coefficient (Wildman–Crippen LogP) is 0.916. The highest BCUT2D eigenvalue weighted by Crippen LogP contribution is 2.13. The van der Waals surface area contributed by atoms with E-state index in [4.69, 9.17) is 5.73 Å². The number of amides is 1. The fourth-order valence-electron chi connectivity index (χ4n) is 1.70. The van der Waals surface area contributed by atoms with Crippen molar-refractivity contribution in [3.05, 3.63) is 35.9 Å². The molecule has 0 fully saturated rings. The van der Waals surface area contributed by atoms with Crippen LogP contribution < -0.4 is 5.73 Å². The summed E-state index contributed by atoms with van der Waals surface area (Å²) in [4.78, 5) is 13.5. The van der Waals surface area contributed by atoms with Crippen LogP contribution in [-0.2, 0) is 4.79 Å². The first-order valence-electron chi connectivity index (χ1n) is 5.59. The number of nitrogens with two attached hydrogens (primary N) is 1. The van der Waals surface area contributed by atoms with Gasteiger partial charge in [-0.15, -0.1) is 0 Å². The first-order valence-corrected chi connectivity index (χ1v) is 5.59. The van der Waals surface area contributed by atoms with Crippen molar-refractivity contribution in [2.24, 2.45) is 5.73 Å². The smallest absolute Gasteiger partial charge is 0.243 e. The highest BCUT2D eigenvalue weighted by molar-refractivity contribution is 5.82. The van der Waals surface area contributed by atoms with Gasteiger partial charge in [0.25, 0.3) is 0 Å². The Balaban J connectivity index is 2.71. The maximum Gasteiger partial charge on any atom is 0.243 e. The largest absolute Gasteiger partial charge is 0.389 e. The quantitative estimate of drug-likeness (QED) is 0.816. The molecule has 1 rings (SSSR count). The van der Waals surface area contributed by atoms with Gasteiger partial charge in [0.1, 0.15) is 6.04 Å². The lowest BCUT2D eigenvalue weighted by Crippen LogP contribution is -2.43. The molecule has 0 aromatic heterocycles. The molecule has 0 unspecified atom stereocenters. The van der Waals surface area contributed by atoms with Crippen molar-refractivity contribution in [3.63, 3.8) is 0 Å². The molecule has 1 aromatic rings. The van der Waals surface area contributed by atoms with Crippen LogP contribution in [0.1, 0.15) is 25.5 Å². The average molecular weight is 236 g/mol. The molecule has 0 aliphatic heterocycles. The van der Waals surface area contributed by atoms with Crippen LogP contribution in [0.3, 0.4) is 0 Å². The average Bonchev–Trinajstić information content (AvgIpc) is 2.26. The molecule has 1 aromatic carbocycles. The van der Waals surface area contributed by atoms with Gasteiger partial charge in [0.15, 0.2) is 0 Å². The highest BCUT2D eigenvalue weighted by Gasteiger charge is 2.24. The third-order valence-corrected chi connectivity index (χ3v) is 2.43. The van der Waals surface area contributed by atoms with E-state index in [1.165, 1.54) is 4.90 Å². The second-order valence-electron chi connectivity index (χ2n) is 4.90. The van der Waals surface area contributed by atoms with Gasteiger partial charge in [0.2, 0.25) is 5.91 Å². The first kappa shape index (κ1) is 13.7. The van der Waals surface area contributed by atoms with E-state index in [1.807, 2.05) is 30.3 Å². The Hall–Kier alpha value is -1.39. The Morgan fingerprint density at radius 3 is 2.41 bits per heavy atom. The molecular weight excluding hydrogens is 216 g/mol. The Kier molecular flexibility index (Phi) is 4.26. The zero-order chi connectivity index (χ0) is 13.1. The van der Waals surface area contributed by atoms with Gasteiger partial charge in [0.05, 0.1) is 5.60 Å². The second kappa shape index (κ2) is 5.29. The van der Waals surface area contributed by atoms with E-state index in [0.717, 1.165) is 5.56 Å². The fraction of sp³-hybridized carbons (Fsp3) is 0.462. The monoisotopic (exact) mass is 236 g/mol. The van der Waals surface area contributed by atoms with Crippen LogP contribution in [0.2, 0.25) is 0 Å². The first-order chi connectivity index (χ1) is 7.81. The highest BCUT2D eigenvalue weighted by atomic mass is 16.3. The van der Waals surface area contributed by atoms with Gasteiger partial charge in [0, 0.05) is 13.6 Å². The van der Waals surface area contributed by atoms with Crippen LogP contribution in [0.15, 0.2) is 30.3 Å². The van der Waals surface area contributed by atoms with Gasteiger partial charge >= 0.3 is 0 Å². The van der Waals surface area contributed by atoms with Crippen molar-refractivity contribution in [2.45, 2.75) is 25.5 Å². The van der Waals surface area contributed by atoms with Crippen LogP contribution in [0.4, 0.5) is 0 Å². The molecule has 4 heteroatoms. The predicted molar refractivity (Wildman–Crippen MR) is 67.3 cm³/mol.